The fourth-order valence-electron chi connectivity index (χ4n) is 3.44. The Bertz CT molecular complexity index is 423. The summed E-state index contributed by atoms with van der Waals surface area (Å²) in [6.07, 6.45) is 4.74. The van der Waals surface area contributed by atoms with Crippen molar-refractivity contribution in [3.63, 3.8) is 0 Å². The molecule has 0 aliphatic carbocycles. The molecule has 2 nitrogen and oxygen atoms in total. The lowest BCUT2D eigenvalue weighted by Gasteiger charge is -2.34. The van der Waals surface area contributed by atoms with Crippen molar-refractivity contribution in [1.82, 2.24) is 4.90 Å². The van der Waals surface area contributed by atoms with Gasteiger partial charge in [0.1, 0.15) is 0 Å². The third kappa shape index (κ3) is 3.24. The number of likely N-dealkylation sites (tertiary alicyclic amines) is 1. The minimum Gasteiger partial charge on any atom is -0.396 e. The molecule has 0 amide bonds. The van der Waals surface area contributed by atoms with Crippen LogP contribution >= 0.6 is 0 Å². The average Bonchev–Trinajstić information content (AvgIpc) is 3.01. The Morgan fingerprint density at radius 1 is 1.15 bits per heavy atom. The lowest BCUT2D eigenvalue weighted by atomic mass is 9.88. The van der Waals surface area contributed by atoms with Gasteiger partial charge in [0, 0.05) is 12.6 Å². The molecule has 0 aromatic heterocycles. The van der Waals surface area contributed by atoms with E-state index in [0.717, 1.165) is 12.8 Å². The Morgan fingerprint density at radius 3 is 2.40 bits per heavy atom. The number of aryl methyl sites for hydroxylation is 2. The molecule has 0 radical (unpaired) electrons. The van der Waals surface area contributed by atoms with E-state index < -0.39 is 0 Å². The normalized spacial score (nSPS) is 19.2. The number of rotatable bonds is 6. The van der Waals surface area contributed by atoms with Crippen LogP contribution in [0.3, 0.4) is 0 Å². The summed E-state index contributed by atoms with van der Waals surface area (Å²) in [5.41, 5.74) is 4.31. The Balaban J connectivity index is 2.40. The molecule has 1 N–H and O–H groups in total. The highest BCUT2D eigenvalue weighted by Gasteiger charge is 2.29. The lowest BCUT2D eigenvalue weighted by molar-refractivity contribution is 0.125. The summed E-state index contributed by atoms with van der Waals surface area (Å²) in [5, 5.41) is 9.69. The van der Waals surface area contributed by atoms with Crippen LogP contribution in [-0.4, -0.2) is 29.7 Å². The van der Waals surface area contributed by atoms with E-state index in [1.54, 1.807) is 0 Å². The Labute approximate surface area is 123 Å². The van der Waals surface area contributed by atoms with Gasteiger partial charge in [-0.2, -0.15) is 0 Å². The minimum absolute atomic E-state index is 0.265. The molecule has 1 saturated heterocycles. The van der Waals surface area contributed by atoms with Crippen LogP contribution < -0.4 is 0 Å². The van der Waals surface area contributed by atoms with Crippen molar-refractivity contribution in [2.24, 2.45) is 5.92 Å². The lowest BCUT2D eigenvalue weighted by Crippen LogP contribution is -2.32. The van der Waals surface area contributed by atoms with Crippen LogP contribution in [0.2, 0.25) is 0 Å². The molecule has 2 heteroatoms. The Hall–Kier alpha value is -0.860. The van der Waals surface area contributed by atoms with Gasteiger partial charge in [-0.05, 0) is 61.4 Å². The highest BCUT2D eigenvalue weighted by molar-refractivity contribution is 5.35. The molecule has 1 aromatic rings. The van der Waals surface area contributed by atoms with E-state index in [0.29, 0.717) is 12.0 Å². The fourth-order valence-corrected chi connectivity index (χ4v) is 3.44. The zero-order valence-electron chi connectivity index (χ0n) is 13.2. The molecule has 1 aromatic carbocycles. The molecule has 112 valence electrons. The molecule has 20 heavy (non-hydrogen) atoms. The molecule has 0 bridgehead atoms. The van der Waals surface area contributed by atoms with Crippen LogP contribution in [0, 0.1) is 5.92 Å². The molecule has 1 aliphatic rings. The zero-order chi connectivity index (χ0) is 14.5. The minimum atomic E-state index is 0.265. The molecule has 1 fully saturated rings. The van der Waals surface area contributed by atoms with Gasteiger partial charge in [-0.1, -0.05) is 39.0 Å². The maximum Gasteiger partial charge on any atom is 0.0474 e. The summed E-state index contributed by atoms with van der Waals surface area (Å²) in [6, 6.07) is 7.31. The third-order valence-corrected chi connectivity index (χ3v) is 4.68. The van der Waals surface area contributed by atoms with Crippen molar-refractivity contribution >= 4 is 0 Å². The van der Waals surface area contributed by atoms with Crippen molar-refractivity contribution in [2.75, 3.05) is 19.7 Å². The molecule has 1 aliphatic heterocycles. The van der Waals surface area contributed by atoms with Gasteiger partial charge in [-0.3, -0.25) is 4.90 Å². The summed E-state index contributed by atoms with van der Waals surface area (Å²) >= 11 is 0. The van der Waals surface area contributed by atoms with Crippen molar-refractivity contribution in [3.05, 3.63) is 34.9 Å². The number of benzene rings is 1. The van der Waals surface area contributed by atoms with Crippen LogP contribution in [0.15, 0.2) is 18.2 Å². The van der Waals surface area contributed by atoms with Crippen molar-refractivity contribution < 1.29 is 5.11 Å². The first-order valence-corrected chi connectivity index (χ1v) is 8.17. The Morgan fingerprint density at radius 2 is 1.85 bits per heavy atom. The first-order chi connectivity index (χ1) is 9.71. The van der Waals surface area contributed by atoms with Gasteiger partial charge < -0.3 is 5.11 Å². The van der Waals surface area contributed by atoms with E-state index >= 15 is 0 Å². The summed E-state index contributed by atoms with van der Waals surface area (Å²) in [7, 11) is 0. The third-order valence-electron chi connectivity index (χ3n) is 4.68. The van der Waals surface area contributed by atoms with Gasteiger partial charge in [0.25, 0.3) is 0 Å². The SMILES string of the molecule is CCc1ccc(CC)c(C(C(C)CO)N2CCCC2)c1. The topological polar surface area (TPSA) is 23.5 Å². The summed E-state index contributed by atoms with van der Waals surface area (Å²) < 4.78 is 0. The van der Waals surface area contributed by atoms with E-state index in [-0.39, 0.29) is 6.61 Å². The second-order valence-electron chi connectivity index (χ2n) is 6.09. The maximum atomic E-state index is 9.69. The molecule has 0 saturated carbocycles. The highest BCUT2D eigenvalue weighted by atomic mass is 16.3. The van der Waals surface area contributed by atoms with Crippen LogP contribution in [0.25, 0.3) is 0 Å². The quantitative estimate of drug-likeness (QED) is 0.858. The van der Waals surface area contributed by atoms with Crippen LogP contribution in [-0.2, 0) is 12.8 Å². The van der Waals surface area contributed by atoms with E-state index in [1.165, 1.54) is 42.6 Å². The molecular formula is C18H29NO. The van der Waals surface area contributed by atoms with E-state index in [2.05, 4.69) is 43.9 Å². The van der Waals surface area contributed by atoms with Crippen molar-refractivity contribution in [3.8, 4) is 0 Å². The monoisotopic (exact) mass is 275 g/mol. The summed E-state index contributed by atoms with van der Waals surface area (Å²) in [4.78, 5) is 2.58. The second kappa shape index (κ2) is 7.24. The van der Waals surface area contributed by atoms with E-state index in [9.17, 15) is 5.11 Å². The van der Waals surface area contributed by atoms with Gasteiger partial charge in [0.05, 0.1) is 0 Å². The smallest absolute Gasteiger partial charge is 0.0474 e. The second-order valence-corrected chi connectivity index (χ2v) is 6.09. The summed E-state index contributed by atoms with van der Waals surface area (Å²) in [5.74, 6) is 0.297. The fraction of sp³-hybridized carbons (Fsp3) is 0.667. The van der Waals surface area contributed by atoms with E-state index in [1.807, 2.05) is 0 Å². The van der Waals surface area contributed by atoms with Crippen LogP contribution in [0.5, 0.6) is 0 Å². The first kappa shape index (κ1) is 15.5. The van der Waals surface area contributed by atoms with Crippen LogP contribution in [0.4, 0.5) is 0 Å². The standard InChI is InChI=1S/C18H29NO/c1-4-15-8-9-16(5-2)17(12-15)18(14(3)13-20)19-10-6-7-11-19/h8-9,12,14,18,20H,4-7,10-11,13H2,1-3H3. The Kier molecular flexibility index (Phi) is 5.62. The molecule has 0 spiro atoms. The highest BCUT2D eigenvalue weighted by Crippen LogP contribution is 2.34. The zero-order valence-corrected chi connectivity index (χ0v) is 13.2. The predicted molar refractivity (Wildman–Crippen MR) is 85.0 cm³/mol. The largest absolute Gasteiger partial charge is 0.396 e. The number of hydrogen-bond acceptors (Lipinski definition) is 2. The van der Waals surface area contributed by atoms with Gasteiger partial charge in [-0.15, -0.1) is 0 Å². The number of aliphatic hydroxyl groups is 1. The number of nitrogens with zero attached hydrogens (tertiary/aromatic N) is 1. The first-order valence-electron chi connectivity index (χ1n) is 8.17. The van der Waals surface area contributed by atoms with Crippen molar-refractivity contribution in [1.29, 1.82) is 0 Å². The maximum absolute atomic E-state index is 9.69. The van der Waals surface area contributed by atoms with Gasteiger partial charge in [0.2, 0.25) is 0 Å². The van der Waals surface area contributed by atoms with Gasteiger partial charge in [-0.25, -0.2) is 0 Å². The summed E-state index contributed by atoms with van der Waals surface area (Å²) in [6.45, 7) is 9.24. The van der Waals surface area contributed by atoms with Gasteiger partial charge in [0.15, 0.2) is 0 Å². The molecule has 2 rings (SSSR count). The molecular weight excluding hydrogens is 246 g/mol. The van der Waals surface area contributed by atoms with Crippen molar-refractivity contribution in [2.45, 2.75) is 52.5 Å². The van der Waals surface area contributed by atoms with E-state index in [4.69, 9.17) is 0 Å². The molecule has 2 atom stereocenters. The number of aliphatic hydroxyl groups excluding tert-OH is 1. The molecule has 1 heterocycles. The predicted octanol–water partition coefficient (Wildman–Crippen LogP) is 3.58. The average molecular weight is 275 g/mol. The van der Waals surface area contributed by atoms with Crippen LogP contribution in [0.1, 0.15) is 56.3 Å². The number of hydrogen-bond donors (Lipinski definition) is 1. The van der Waals surface area contributed by atoms with Gasteiger partial charge >= 0.3 is 0 Å². The molecule has 2 unspecified atom stereocenters.